The number of thiophene rings is 1. The Balaban J connectivity index is 2.34. The smallest absolute Gasteiger partial charge is 0.222 e. The van der Waals surface area contributed by atoms with Gasteiger partial charge in [-0.25, -0.2) is 15.0 Å². The minimum absolute atomic E-state index is 0.588. The minimum Gasteiger partial charge on any atom is -0.481 e. The summed E-state index contributed by atoms with van der Waals surface area (Å²) in [5, 5.41) is 2.02. The van der Waals surface area contributed by atoms with Gasteiger partial charge < -0.3 is 4.74 Å². The van der Waals surface area contributed by atoms with Crippen LogP contribution in [0.4, 0.5) is 0 Å². The summed E-state index contributed by atoms with van der Waals surface area (Å²) >= 11 is 1.63. The van der Waals surface area contributed by atoms with E-state index < -0.39 is 0 Å². The van der Waals surface area contributed by atoms with Crippen molar-refractivity contribution in [3.8, 4) is 17.1 Å². The lowest BCUT2D eigenvalue weighted by Crippen LogP contribution is -1.95. The molecular weight excluding hydrogens is 246 g/mol. The second-order valence-electron chi connectivity index (χ2n) is 3.81. The molecular formula is C13H11N3OS. The van der Waals surface area contributed by atoms with Gasteiger partial charge >= 0.3 is 0 Å². The Morgan fingerprint density at radius 1 is 1.22 bits per heavy atom. The van der Waals surface area contributed by atoms with Crippen LogP contribution in [0.25, 0.3) is 21.5 Å². The third-order valence-corrected chi connectivity index (χ3v) is 3.55. The van der Waals surface area contributed by atoms with Crippen LogP contribution >= 0.6 is 11.3 Å². The molecule has 0 aliphatic heterocycles. The summed E-state index contributed by atoms with van der Waals surface area (Å²) in [5.74, 6) is 1.34. The van der Waals surface area contributed by atoms with Gasteiger partial charge in [0.2, 0.25) is 5.88 Å². The van der Waals surface area contributed by atoms with E-state index in [1.54, 1.807) is 24.6 Å². The molecule has 4 nitrogen and oxygen atoms in total. The average Bonchev–Trinajstić information content (AvgIpc) is 2.85. The zero-order chi connectivity index (χ0) is 12.5. The fourth-order valence-corrected chi connectivity index (χ4v) is 2.73. The number of nitrogens with zero attached hydrogens (tertiary/aromatic N) is 3. The Morgan fingerprint density at radius 2 is 2.11 bits per heavy atom. The Kier molecular flexibility index (Phi) is 2.68. The molecule has 3 heterocycles. The maximum absolute atomic E-state index is 5.30. The van der Waals surface area contributed by atoms with Crippen LogP contribution in [0.2, 0.25) is 0 Å². The monoisotopic (exact) mass is 257 g/mol. The molecule has 0 bridgehead atoms. The van der Waals surface area contributed by atoms with Crippen molar-refractivity contribution >= 4 is 21.6 Å². The first kappa shape index (κ1) is 11.1. The van der Waals surface area contributed by atoms with Crippen molar-refractivity contribution in [2.24, 2.45) is 0 Å². The predicted octanol–water partition coefficient (Wildman–Crippen LogP) is 3.07. The summed E-state index contributed by atoms with van der Waals surface area (Å²) in [6.07, 6.45) is 1.71. The highest BCUT2D eigenvalue weighted by molar-refractivity contribution is 7.17. The van der Waals surface area contributed by atoms with Crippen molar-refractivity contribution in [1.29, 1.82) is 0 Å². The van der Waals surface area contributed by atoms with Crippen LogP contribution in [0, 0.1) is 6.92 Å². The van der Waals surface area contributed by atoms with Gasteiger partial charge in [0, 0.05) is 6.20 Å². The number of hydrogen-bond donors (Lipinski definition) is 0. The van der Waals surface area contributed by atoms with Gasteiger partial charge in [-0.05, 0) is 30.5 Å². The first-order valence-electron chi connectivity index (χ1n) is 5.51. The molecule has 3 rings (SSSR count). The molecule has 0 aromatic carbocycles. The van der Waals surface area contributed by atoms with Crippen LogP contribution in [-0.4, -0.2) is 22.1 Å². The van der Waals surface area contributed by atoms with Crippen LogP contribution in [0.1, 0.15) is 5.82 Å². The summed E-state index contributed by atoms with van der Waals surface area (Å²) < 4.78 is 6.36. The molecule has 3 aromatic heterocycles. The Hall–Kier alpha value is -2.01. The molecule has 0 fully saturated rings. The maximum Gasteiger partial charge on any atom is 0.222 e. The third kappa shape index (κ3) is 1.73. The van der Waals surface area contributed by atoms with E-state index >= 15 is 0 Å². The van der Waals surface area contributed by atoms with Crippen LogP contribution < -0.4 is 4.74 Å². The highest BCUT2D eigenvalue weighted by Crippen LogP contribution is 2.34. The van der Waals surface area contributed by atoms with Gasteiger partial charge in [0.1, 0.15) is 5.82 Å². The summed E-state index contributed by atoms with van der Waals surface area (Å²) in [6, 6.07) is 5.85. The number of aromatic nitrogens is 3. The molecule has 3 aromatic rings. The van der Waals surface area contributed by atoms with Crippen molar-refractivity contribution in [2.75, 3.05) is 7.11 Å². The first-order chi connectivity index (χ1) is 8.79. The molecule has 5 heteroatoms. The van der Waals surface area contributed by atoms with Crippen molar-refractivity contribution in [2.45, 2.75) is 6.92 Å². The van der Waals surface area contributed by atoms with E-state index in [4.69, 9.17) is 4.74 Å². The third-order valence-electron chi connectivity index (χ3n) is 2.64. The van der Waals surface area contributed by atoms with Gasteiger partial charge in [-0.15, -0.1) is 11.3 Å². The SMILES string of the molecule is COc1ncccc1-c1nc(C)nc2ccsc12. The summed E-state index contributed by atoms with van der Waals surface area (Å²) in [6.45, 7) is 1.89. The quantitative estimate of drug-likeness (QED) is 0.708. The summed E-state index contributed by atoms with van der Waals surface area (Å²) in [7, 11) is 1.62. The lowest BCUT2D eigenvalue weighted by atomic mass is 10.2. The Labute approximate surface area is 108 Å². The van der Waals surface area contributed by atoms with E-state index in [-0.39, 0.29) is 0 Å². The first-order valence-corrected chi connectivity index (χ1v) is 6.39. The highest BCUT2D eigenvalue weighted by atomic mass is 32.1. The zero-order valence-electron chi connectivity index (χ0n) is 10.0. The second kappa shape index (κ2) is 4.34. The fourth-order valence-electron chi connectivity index (χ4n) is 1.90. The normalized spacial score (nSPS) is 10.8. The molecule has 0 radical (unpaired) electrons. The molecule has 0 aliphatic carbocycles. The lowest BCUT2D eigenvalue weighted by Gasteiger charge is -2.07. The zero-order valence-corrected chi connectivity index (χ0v) is 10.9. The lowest BCUT2D eigenvalue weighted by molar-refractivity contribution is 0.399. The summed E-state index contributed by atoms with van der Waals surface area (Å²) in [4.78, 5) is 13.2. The Bertz CT molecular complexity index is 708. The van der Waals surface area contributed by atoms with Gasteiger partial charge in [0.05, 0.1) is 28.6 Å². The molecule has 0 aliphatic rings. The van der Waals surface area contributed by atoms with E-state index in [1.807, 2.05) is 30.5 Å². The second-order valence-corrected chi connectivity index (χ2v) is 4.73. The van der Waals surface area contributed by atoms with Crippen molar-refractivity contribution in [3.05, 3.63) is 35.6 Å². The van der Waals surface area contributed by atoms with Crippen LogP contribution in [0.15, 0.2) is 29.8 Å². The van der Waals surface area contributed by atoms with Gasteiger partial charge in [0.25, 0.3) is 0 Å². The number of fused-ring (bicyclic) bond motifs is 1. The number of hydrogen-bond acceptors (Lipinski definition) is 5. The molecule has 0 unspecified atom stereocenters. The van der Waals surface area contributed by atoms with Gasteiger partial charge in [-0.2, -0.15) is 0 Å². The van der Waals surface area contributed by atoms with Crippen LogP contribution in [0.3, 0.4) is 0 Å². The molecule has 0 saturated heterocycles. The van der Waals surface area contributed by atoms with Gasteiger partial charge in [-0.3, -0.25) is 0 Å². The topological polar surface area (TPSA) is 47.9 Å². The van der Waals surface area contributed by atoms with E-state index in [0.29, 0.717) is 5.88 Å². The minimum atomic E-state index is 0.588. The average molecular weight is 257 g/mol. The number of rotatable bonds is 2. The maximum atomic E-state index is 5.30. The molecule has 0 N–H and O–H groups in total. The van der Waals surface area contributed by atoms with E-state index in [2.05, 4.69) is 15.0 Å². The molecule has 0 saturated carbocycles. The van der Waals surface area contributed by atoms with Crippen molar-refractivity contribution < 1.29 is 4.74 Å². The van der Waals surface area contributed by atoms with E-state index in [1.165, 1.54) is 0 Å². The number of aryl methyl sites for hydroxylation is 1. The number of pyridine rings is 1. The summed E-state index contributed by atoms with van der Waals surface area (Å²) in [5.41, 5.74) is 2.75. The van der Waals surface area contributed by atoms with Gasteiger partial charge in [-0.1, -0.05) is 0 Å². The number of methoxy groups -OCH3 is 1. The van der Waals surface area contributed by atoms with Crippen molar-refractivity contribution in [1.82, 2.24) is 15.0 Å². The highest BCUT2D eigenvalue weighted by Gasteiger charge is 2.13. The molecule has 90 valence electrons. The largest absolute Gasteiger partial charge is 0.481 e. The van der Waals surface area contributed by atoms with E-state index in [9.17, 15) is 0 Å². The number of ether oxygens (including phenoxy) is 1. The molecule has 0 atom stereocenters. The van der Waals surface area contributed by atoms with E-state index in [0.717, 1.165) is 27.3 Å². The standard InChI is InChI=1S/C13H11N3OS/c1-8-15-10-5-7-18-12(10)11(16-8)9-4-3-6-14-13(9)17-2/h3-7H,1-2H3. The Morgan fingerprint density at radius 3 is 2.94 bits per heavy atom. The molecule has 18 heavy (non-hydrogen) atoms. The van der Waals surface area contributed by atoms with Gasteiger partial charge in [0.15, 0.2) is 0 Å². The molecule has 0 amide bonds. The van der Waals surface area contributed by atoms with Crippen LogP contribution in [-0.2, 0) is 0 Å². The van der Waals surface area contributed by atoms with Crippen LogP contribution in [0.5, 0.6) is 5.88 Å². The van der Waals surface area contributed by atoms with Crippen molar-refractivity contribution in [3.63, 3.8) is 0 Å². The predicted molar refractivity (Wildman–Crippen MR) is 71.9 cm³/mol. The fraction of sp³-hybridized carbons (Fsp3) is 0.154. The molecule has 0 spiro atoms.